The lowest BCUT2D eigenvalue weighted by Gasteiger charge is -2.42. The maximum absolute atomic E-state index is 13.0. The lowest BCUT2D eigenvalue weighted by Crippen LogP contribution is -2.51. The Labute approximate surface area is 181 Å². The van der Waals surface area contributed by atoms with E-state index in [-0.39, 0.29) is 17.3 Å². The Morgan fingerprint density at radius 1 is 1.00 bits per heavy atom. The lowest BCUT2D eigenvalue weighted by molar-refractivity contribution is -0.117. The van der Waals surface area contributed by atoms with E-state index < -0.39 is 5.54 Å². The predicted octanol–water partition coefficient (Wildman–Crippen LogP) is 5.58. The molecule has 5 rings (SSSR count). The van der Waals surface area contributed by atoms with Crippen molar-refractivity contribution in [2.45, 2.75) is 56.6 Å². The van der Waals surface area contributed by atoms with Crippen LogP contribution in [0.4, 0.5) is 0 Å². The highest BCUT2D eigenvalue weighted by Crippen LogP contribution is 2.48. The molecule has 4 nitrogen and oxygen atoms in total. The van der Waals surface area contributed by atoms with Gasteiger partial charge in [0.25, 0.3) is 5.91 Å². The number of carbonyl (C=O) groups excluding carboxylic acids is 1. The van der Waals surface area contributed by atoms with Gasteiger partial charge < -0.3 is 15.2 Å². The maximum atomic E-state index is 13.0. The minimum absolute atomic E-state index is 0.0522. The minimum atomic E-state index is -0.660. The van der Waals surface area contributed by atoms with Crippen molar-refractivity contribution in [2.75, 3.05) is 6.61 Å². The summed E-state index contributed by atoms with van der Waals surface area (Å²) in [6.07, 6.45) is 5.34. The van der Waals surface area contributed by atoms with Gasteiger partial charge in [0.05, 0.1) is 16.7 Å². The Balaban J connectivity index is 1.51. The maximum Gasteiger partial charge on any atom is 0.256 e. The van der Waals surface area contributed by atoms with Gasteiger partial charge in [0.15, 0.2) is 0 Å². The highest BCUT2D eigenvalue weighted by atomic mass is 35.5. The smallest absolute Gasteiger partial charge is 0.256 e. The normalized spacial score (nSPS) is 28.5. The first-order chi connectivity index (χ1) is 14.4. The first kappa shape index (κ1) is 19.7. The SMILES string of the molecule is Cc1c(C2=C(O)C3(CCC4(CCCO4)CC3)NC2=O)cccc1-c1ccc(Cl)cc1. The van der Waals surface area contributed by atoms with Crippen LogP contribution in [0.3, 0.4) is 0 Å². The molecular weight excluding hydrogens is 398 g/mol. The fourth-order valence-corrected chi connectivity index (χ4v) is 5.55. The molecule has 2 fully saturated rings. The van der Waals surface area contributed by atoms with Gasteiger partial charge in [-0.1, -0.05) is 41.9 Å². The van der Waals surface area contributed by atoms with Crippen LogP contribution in [0.25, 0.3) is 16.7 Å². The molecule has 3 aliphatic rings. The number of benzene rings is 2. The van der Waals surface area contributed by atoms with E-state index in [4.69, 9.17) is 16.3 Å². The summed E-state index contributed by atoms with van der Waals surface area (Å²) in [6, 6.07) is 13.6. The van der Waals surface area contributed by atoms with Gasteiger partial charge in [-0.25, -0.2) is 0 Å². The molecule has 1 saturated heterocycles. The number of halogens is 1. The van der Waals surface area contributed by atoms with Crippen molar-refractivity contribution in [1.82, 2.24) is 5.32 Å². The van der Waals surface area contributed by atoms with Crippen molar-refractivity contribution in [2.24, 2.45) is 0 Å². The third-order valence-corrected chi connectivity index (χ3v) is 7.48. The van der Waals surface area contributed by atoms with Crippen molar-refractivity contribution in [1.29, 1.82) is 0 Å². The second-order valence-corrected chi connectivity index (χ2v) is 9.32. The van der Waals surface area contributed by atoms with Crippen LogP contribution in [-0.2, 0) is 9.53 Å². The number of amides is 1. The van der Waals surface area contributed by atoms with Crippen LogP contribution in [0, 0.1) is 6.92 Å². The van der Waals surface area contributed by atoms with Crippen LogP contribution < -0.4 is 5.32 Å². The van der Waals surface area contributed by atoms with E-state index in [1.54, 1.807) is 0 Å². The summed E-state index contributed by atoms with van der Waals surface area (Å²) in [4.78, 5) is 13.0. The third-order valence-electron chi connectivity index (χ3n) is 7.23. The molecule has 0 unspecified atom stereocenters. The van der Waals surface area contributed by atoms with Crippen LogP contribution in [0.5, 0.6) is 0 Å². The van der Waals surface area contributed by atoms with Crippen LogP contribution in [0.15, 0.2) is 48.2 Å². The topological polar surface area (TPSA) is 58.6 Å². The summed E-state index contributed by atoms with van der Waals surface area (Å²) < 4.78 is 6.03. The molecule has 0 bridgehead atoms. The van der Waals surface area contributed by atoms with Gasteiger partial charge in [-0.15, -0.1) is 0 Å². The molecule has 30 heavy (non-hydrogen) atoms. The Hall–Kier alpha value is -2.30. The molecule has 2 N–H and O–H groups in total. The first-order valence-corrected chi connectivity index (χ1v) is 11.1. The van der Waals surface area contributed by atoms with E-state index in [1.807, 2.05) is 49.4 Å². The number of nitrogens with one attached hydrogen (secondary N) is 1. The van der Waals surface area contributed by atoms with Gasteiger partial charge in [0, 0.05) is 11.6 Å². The van der Waals surface area contributed by atoms with Gasteiger partial charge in [0.1, 0.15) is 5.76 Å². The Kier molecular flexibility index (Phi) is 4.68. The average molecular weight is 424 g/mol. The molecule has 156 valence electrons. The van der Waals surface area contributed by atoms with E-state index >= 15 is 0 Å². The molecule has 2 aromatic rings. The molecule has 1 saturated carbocycles. The molecule has 2 heterocycles. The number of hydrogen-bond donors (Lipinski definition) is 2. The van der Waals surface area contributed by atoms with Crippen LogP contribution in [0.2, 0.25) is 5.02 Å². The summed E-state index contributed by atoms with van der Waals surface area (Å²) in [5, 5.41) is 15.1. The van der Waals surface area contributed by atoms with Gasteiger partial charge in [-0.2, -0.15) is 0 Å². The number of ether oxygens (including phenoxy) is 1. The third kappa shape index (κ3) is 3.05. The van der Waals surface area contributed by atoms with Gasteiger partial charge in [0.2, 0.25) is 0 Å². The summed E-state index contributed by atoms with van der Waals surface area (Å²) in [5.74, 6) is 0.00356. The van der Waals surface area contributed by atoms with Crippen molar-refractivity contribution in [3.05, 3.63) is 64.4 Å². The zero-order chi connectivity index (χ0) is 20.9. The second-order valence-electron chi connectivity index (χ2n) is 8.88. The van der Waals surface area contributed by atoms with E-state index in [9.17, 15) is 9.90 Å². The number of rotatable bonds is 2. The van der Waals surface area contributed by atoms with E-state index in [2.05, 4.69) is 5.32 Å². The van der Waals surface area contributed by atoms with Gasteiger partial charge >= 0.3 is 0 Å². The standard InChI is InChI=1S/C25H26ClNO3/c1-16-19(17-6-8-18(26)9-7-17)4-2-5-20(16)21-22(28)25(27-23(21)29)13-11-24(12-14-25)10-3-15-30-24/h2,4-9,28H,3,10-15H2,1H3,(H,27,29). The molecule has 0 radical (unpaired) electrons. The largest absolute Gasteiger partial charge is 0.509 e. The quantitative estimate of drug-likeness (QED) is 0.663. The average Bonchev–Trinajstić information content (AvgIpc) is 3.29. The highest BCUT2D eigenvalue weighted by Gasteiger charge is 2.52. The summed E-state index contributed by atoms with van der Waals surface area (Å²) in [7, 11) is 0. The zero-order valence-corrected chi connectivity index (χ0v) is 17.9. The van der Waals surface area contributed by atoms with Crippen molar-refractivity contribution in [3.63, 3.8) is 0 Å². The number of aliphatic hydroxyl groups is 1. The molecule has 1 aliphatic carbocycles. The molecule has 2 aromatic carbocycles. The highest BCUT2D eigenvalue weighted by molar-refractivity contribution is 6.30. The fourth-order valence-electron chi connectivity index (χ4n) is 5.43. The Morgan fingerprint density at radius 3 is 2.37 bits per heavy atom. The molecule has 5 heteroatoms. The minimum Gasteiger partial charge on any atom is -0.509 e. The molecule has 2 spiro atoms. The van der Waals surface area contributed by atoms with Crippen molar-refractivity contribution < 1.29 is 14.6 Å². The molecule has 0 aromatic heterocycles. The summed E-state index contributed by atoms with van der Waals surface area (Å²) >= 11 is 6.04. The monoisotopic (exact) mass is 423 g/mol. The van der Waals surface area contributed by atoms with Gasteiger partial charge in [-0.05, 0) is 79.8 Å². The number of aliphatic hydroxyl groups excluding tert-OH is 1. The molecule has 0 atom stereocenters. The molecule has 1 amide bonds. The lowest BCUT2D eigenvalue weighted by atomic mass is 9.72. The zero-order valence-electron chi connectivity index (χ0n) is 17.1. The van der Waals surface area contributed by atoms with Crippen LogP contribution in [-0.4, -0.2) is 28.8 Å². The van der Waals surface area contributed by atoms with Crippen LogP contribution in [0.1, 0.15) is 49.7 Å². The fraction of sp³-hybridized carbons (Fsp3) is 0.400. The Bertz CT molecular complexity index is 1020. The predicted molar refractivity (Wildman–Crippen MR) is 118 cm³/mol. The van der Waals surface area contributed by atoms with Crippen molar-refractivity contribution >= 4 is 23.1 Å². The summed E-state index contributed by atoms with van der Waals surface area (Å²) in [5.41, 5.74) is 3.51. The second kappa shape index (κ2) is 7.14. The van der Waals surface area contributed by atoms with Crippen LogP contribution >= 0.6 is 11.6 Å². The number of carbonyl (C=O) groups is 1. The van der Waals surface area contributed by atoms with Gasteiger partial charge in [-0.3, -0.25) is 4.79 Å². The number of hydrogen-bond acceptors (Lipinski definition) is 3. The van der Waals surface area contributed by atoms with Crippen molar-refractivity contribution in [3.8, 4) is 11.1 Å². The van der Waals surface area contributed by atoms with E-state index in [0.29, 0.717) is 23.4 Å². The van der Waals surface area contributed by atoms with E-state index in [1.165, 1.54) is 0 Å². The summed E-state index contributed by atoms with van der Waals surface area (Å²) in [6.45, 7) is 2.82. The molecular formula is C25H26ClNO3. The molecule has 2 aliphatic heterocycles. The Morgan fingerprint density at radius 2 is 1.70 bits per heavy atom. The van der Waals surface area contributed by atoms with E-state index in [0.717, 1.165) is 54.5 Å². The first-order valence-electron chi connectivity index (χ1n) is 10.7.